The Bertz CT molecular complexity index is 37.8. The summed E-state index contributed by atoms with van der Waals surface area (Å²) in [6.45, 7) is 2.26. The predicted octanol–water partition coefficient (Wildman–Crippen LogP) is 3.31. The van der Waals surface area contributed by atoms with E-state index in [0.29, 0.717) is 0 Å². The van der Waals surface area contributed by atoms with Crippen LogP contribution in [-0.2, 0) is 20.4 Å². The molecule has 0 heterocycles. The summed E-state index contributed by atoms with van der Waals surface area (Å²) >= 11 is 2.26. The van der Waals surface area contributed by atoms with E-state index in [1.54, 1.807) is 0 Å². The quantitative estimate of drug-likeness (QED) is 0.414. The van der Waals surface area contributed by atoms with Crippen LogP contribution in [0.2, 0.25) is 4.73 Å². The summed E-state index contributed by atoms with van der Waals surface area (Å²) in [5.74, 6) is 0. The van der Waals surface area contributed by atoms with Crippen LogP contribution in [-0.4, -0.2) is 0 Å². The Morgan fingerprint density at radius 3 is 2.00 bits per heavy atom. The van der Waals surface area contributed by atoms with Gasteiger partial charge in [-0.15, -0.1) is 0 Å². The van der Waals surface area contributed by atoms with Crippen molar-refractivity contribution in [3.05, 3.63) is 0 Å². The summed E-state index contributed by atoms with van der Waals surface area (Å²) in [4.78, 5) is 0. The number of rotatable bonds is 6. The summed E-state index contributed by atoms with van der Waals surface area (Å²) < 4.78 is 1.37. The minimum atomic E-state index is 1.37. The third-order valence-electron chi connectivity index (χ3n) is 1.53. The van der Waals surface area contributed by atoms with Gasteiger partial charge in [0.15, 0.2) is 0 Å². The Morgan fingerprint density at radius 2 is 1.44 bits per heavy atom. The Morgan fingerprint density at radius 1 is 0.889 bits per heavy atom. The van der Waals surface area contributed by atoms with Gasteiger partial charge in [-0.05, 0) is 0 Å². The van der Waals surface area contributed by atoms with E-state index < -0.39 is 0 Å². The average Bonchev–Trinajstić information content (AvgIpc) is 1.89. The second kappa shape index (κ2) is 8.71. The van der Waals surface area contributed by atoms with E-state index in [-0.39, 0.29) is 0 Å². The molecule has 0 spiro atoms. The van der Waals surface area contributed by atoms with Gasteiger partial charge in [0.05, 0.1) is 0 Å². The fourth-order valence-corrected chi connectivity index (χ4v) is 1.30. The molecule has 0 saturated heterocycles. The van der Waals surface area contributed by atoms with E-state index in [2.05, 4.69) is 27.4 Å². The molecule has 53 valence electrons. The van der Waals surface area contributed by atoms with E-state index in [9.17, 15) is 0 Å². The first-order valence-corrected chi connectivity index (χ1v) is 5.16. The van der Waals surface area contributed by atoms with Crippen LogP contribution >= 0.6 is 0 Å². The number of hydrogen-bond acceptors (Lipinski definition) is 0. The first-order chi connectivity index (χ1) is 4.41. The van der Waals surface area contributed by atoms with Crippen LogP contribution in [0.15, 0.2) is 0 Å². The molecular formula is C8H17Ti. The van der Waals surface area contributed by atoms with Gasteiger partial charge in [0.1, 0.15) is 0 Å². The van der Waals surface area contributed by atoms with Crippen molar-refractivity contribution < 1.29 is 20.4 Å². The van der Waals surface area contributed by atoms with Gasteiger partial charge in [-0.3, -0.25) is 0 Å². The van der Waals surface area contributed by atoms with Crippen molar-refractivity contribution in [2.24, 2.45) is 0 Å². The Balaban J connectivity index is 2.60. The number of unbranched alkanes of at least 4 members (excludes halogenated alkanes) is 5. The third kappa shape index (κ3) is 8.71. The molecule has 0 saturated carbocycles. The topological polar surface area (TPSA) is 0 Å². The Kier molecular flexibility index (Phi) is 9.41. The van der Waals surface area contributed by atoms with Gasteiger partial charge in [0, 0.05) is 0 Å². The van der Waals surface area contributed by atoms with Crippen molar-refractivity contribution in [1.82, 2.24) is 0 Å². The van der Waals surface area contributed by atoms with Crippen molar-refractivity contribution in [1.29, 1.82) is 0 Å². The first-order valence-electron chi connectivity index (χ1n) is 4.06. The molecule has 0 atom stereocenters. The van der Waals surface area contributed by atoms with Gasteiger partial charge in [-0.1, -0.05) is 0 Å². The fraction of sp³-hybridized carbons (Fsp3) is 1.00. The summed E-state index contributed by atoms with van der Waals surface area (Å²) in [6.07, 6.45) is 8.61. The van der Waals surface area contributed by atoms with Crippen molar-refractivity contribution in [2.45, 2.75) is 50.2 Å². The zero-order chi connectivity index (χ0) is 6.95. The number of hydrogen-bond donors (Lipinski definition) is 0. The first kappa shape index (κ1) is 9.71. The summed E-state index contributed by atoms with van der Waals surface area (Å²) in [5.41, 5.74) is 0. The van der Waals surface area contributed by atoms with E-state index in [4.69, 9.17) is 0 Å². The van der Waals surface area contributed by atoms with Crippen LogP contribution in [0.5, 0.6) is 0 Å². The van der Waals surface area contributed by atoms with Crippen molar-refractivity contribution >= 4 is 0 Å². The average molecular weight is 161 g/mol. The van der Waals surface area contributed by atoms with E-state index in [1.165, 1.54) is 43.3 Å². The molecule has 0 aromatic heterocycles. The van der Waals surface area contributed by atoms with Crippen molar-refractivity contribution in [3.63, 3.8) is 0 Å². The zero-order valence-electron chi connectivity index (χ0n) is 6.45. The molecule has 0 unspecified atom stereocenters. The van der Waals surface area contributed by atoms with Crippen LogP contribution < -0.4 is 0 Å². The van der Waals surface area contributed by atoms with Crippen LogP contribution in [0.1, 0.15) is 45.4 Å². The predicted molar refractivity (Wildman–Crippen MR) is 38.2 cm³/mol. The Labute approximate surface area is 70.8 Å². The second-order valence-electron chi connectivity index (χ2n) is 2.52. The zero-order valence-corrected chi connectivity index (χ0v) is 8.01. The molecular weight excluding hydrogens is 144 g/mol. The van der Waals surface area contributed by atoms with Gasteiger partial charge < -0.3 is 0 Å². The SMILES string of the molecule is CCCCCCC[CH2][Ti]. The van der Waals surface area contributed by atoms with Gasteiger partial charge in [-0.2, -0.15) is 0 Å². The van der Waals surface area contributed by atoms with Gasteiger partial charge in [0.2, 0.25) is 0 Å². The molecule has 0 amide bonds. The Hall–Kier alpha value is 0.714. The maximum atomic E-state index is 2.26. The standard InChI is InChI=1S/C8H17.Ti/c1-3-5-7-8-6-4-2;/h1,3-8H2,2H3;. The van der Waals surface area contributed by atoms with E-state index in [1.807, 2.05) is 0 Å². The molecule has 0 N–H and O–H groups in total. The molecule has 0 aliphatic heterocycles. The molecule has 0 nitrogen and oxygen atoms in total. The molecule has 9 heavy (non-hydrogen) atoms. The maximum absolute atomic E-state index is 2.26. The molecule has 0 aromatic rings. The minimum absolute atomic E-state index is 1.37. The second-order valence-corrected chi connectivity index (χ2v) is 3.30. The van der Waals surface area contributed by atoms with Crippen LogP contribution in [0, 0.1) is 0 Å². The normalized spacial score (nSPS) is 9.78. The molecule has 0 rings (SSSR count). The molecule has 0 aromatic carbocycles. The molecule has 0 radical (unpaired) electrons. The fourth-order valence-electron chi connectivity index (χ4n) is 0.905. The van der Waals surface area contributed by atoms with Gasteiger partial charge in [-0.25, -0.2) is 0 Å². The monoisotopic (exact) mass is 161 g/mol. The molecule has 0 fully saturated rings. The third-order valence-corrected chi connectivity index (χ3v) is 2.08. The molecule has 0 aliphatic rings. The van der Waals surface area contributed by atoms with Gasteiger partial charge >= 0.3 is 70.6 Å². The van der Waals surface area contributed by atoms with Crippen molar-refractivity contribution in [3.8, 4) is 0 Å². The van der Waals surface area contributed by atoms with E-state index >= 15 is 0 Å². The van der Waals surface area contributed by atoms with E-state index in [0.717, 1.165) is 0 Å². The molecule has 0 bridgehead atoms. The van der Waals surface area contributed by atoms with Crippen molar-refractivity contribution in [2.75, 3.05) is 0 Å². The van der Waals surface area contributed by atoms with Crippen LogP contribution in [0.3, 0.4) is 0 Å². The van der Waals surface area contributed by atoms with Gasteiger partial charge in [0.25, 0.3) is 0 Å². The molecule has 0 aliphatic carbocycles. The van der Waals surface area contributed by atoms with Crippen LogP contribution in [0.4, 0.5) is 0 Å². The summed E-state index contributed by atoms with van der Waals surface area (Å²) in [7, 11) is 0. The summed E-state index contributed by atoms with van der Waals surface area (Å²) in [6, 6.07) is 0. The molecule has 1 heteroatoms. The summed E-state index contributed by atoms with van der Waals surface area (Å²) in [5, 5.41) is 0. The van der Waals surface area contributed by atoms with Crippen LogP contribution in [0.25, 0.3) is 0 Å².